The van der Waals surface area contributed by atoms with Crippen molar-refractivity contribution in [2.24, 2.45) is 0 Å². The largest absolute Gasteiger partial charge is 0.0885 e. The van der Waals surface area contributed by atoms with Gasteiger partial charge in [-0.1, -0.05) is 118 Å². The van der Waals surface area contributed by atoms with Crippen LogP contribution < -0.4 is 0 Å². The van der Waals surface area contributed by atoms with Crippen molar-refractivity contribution in [3.8, 4) is 0 Å². The van der Waals surface area contributed by atoms with Crippen LogP contribution in [0.4, 0.5) is 0 Å². The summed E-state index contributed by atoms with van der Waals surface area (Å²) in [5.74, 6) is 0. The van der Waals surface area contributed by atoms with Crippen LogP contribution in [0.3, 0.4) is 0 Å². The first-order chi connectivity index (χ1) is 12.7. The Balaban J connectivity index is 0.000000492. The summed E-state index contributed by atoms with van der Waals surface area (Å²) in [6.07, 6.45) is 11.7. The van der Waals surface area contributed by atoms with Gasteiger partial charge in [0.15, 0.2) is 0 Å². The maximum Gasteiger partial charge on any atom is -0.0256 e. The van der Waals surface area contributed by atoms with E-state index in [0.29, 0.717) is 0 Å². The Hall–Kier alpha value is -2.08. The Morgan fingerprint density at radius 1 is 0.808 bits per heavy atom. The molecule has 0 radical (unpaired) electrons. The van der Waals surface area contributed by atoms with Crippen LogP contribution in [-0.2, 0) is 0 Å². The molecule has 0 bridgehead atoms. The smallest absolute Gasteiger partial charge is 0.0256 e. The highest BCUT2D eigenvalue weighted by molar-refractivity contribution is 5.69. The minimum Gasteiger partial charge on any atom is -0.0885 e. The maximum absolute atomic E-state index is 2.25. The molecule has 0 aromatic heterocycles. The molecule has 0 heterocycles. The third-order valence-electron chi connectivity index (χ3n) is 4.06. The van der Waals surface area contributed by atoms with Gasteiger partial charge >= 0.3 is 0 Å². The molecule has 142 valence electrons. The van der Waals surface area contributed by atoms with E-state index in [2.05, 4.69) is 94.5 Å². The van der Waals surface area contributed by atoms with Crippen molar-refractivity contribution in [1.29, 1.82) is 0 Å². The van der Waals surface area contributed by atoms with E-state index in [1.54, 1.807) is 5.57 Å². The van der Waals surface area contributed by atoms with E-state index >= 15 is 0 Å². The van der Waals surface area contributed by atoms with Crippen LogP contribution >= 0.6 is 0 Å². The molecule has 26 heavy (non-hydrogen) atoms. The van der Waals surface area contributed by atoms with Gasteiger partial charge in [-0.3, -0.25) is 0 Å². The summed E-state index contributed by atoms with van der Waals surface area (Å²) in [6, 6.07) is 18.9. The lowest BCUT2D eigenvalue weighted by Gasteiger charge is -1.99. The van der Waals surface area contributed by atoms with Gasteiger partial charge in [0.25, 0.3) is 0 Å². The summed E-state index contributed by atoms with van der Waals surface area (Å²) in [4.78, 5) is 0. The Bertz CT molecular complexity index is 600. The SMILES string of the molecule is C/C=C(/CC)CCCC.CC.Cc1ccc(/C=C/c2ccccc2)cc1. The molecule has 0 nitrogen and oxygen atoms in total. The molecular weight excluding hydrogens is 312 g/mol. The molecule has 2 aromatic rings. The van der Waals surface area contributed by atoms with Crippen molar-refractivity contribution < 1.29 is 0 Å². The number of unbranched alkanes of at least 4 members (excludes halogenated alkanes) is 1. The molecule has 0 heteroatoms. The lowest BCUT2D eigenvalue weighted by Crippen LogP contribution is -1.79. The van der Waals surface area contributed by atoms with Gasteiger partial charge in [-0.25, -0.2) is 0 Å². The van der Waals surface area contributed by atoms with Crippen LogP contribution in [0, 0.1) is 6.92 Å². The molecule has 0 aliphatic heterocycles. The Kier molecular flexibility index (Phi) is 15.1. The lowest BCUT2D eigenvalue weighted by molar-refractivity contribution is 0.765. The zero-order valence-electron chi connectivity index (χ0n) is 17.8. The minimum atomic E-state index is 1.23. The fraction of sp³-hybridized carbons (Fsp3) is 0.385. The molecule has 0 aliphatic carbocycles. The summed E-state index contributed by atoms with van der Waals surface area (Å²) in [7, 11) is 0. The van der Waals surface area contributed by atoms with E-state index in [1.165, 1.54) is 42.4 Å². The summed E-state index contributed by atoms with van der Waals surface area (Å²) in [5.41, 5.74) is 5.38. The van der Waals surface area contributed by atoms with Gasteiger partial charge in [0.05, 0.1) is 0 Å². The van der Waals surface area contributed by atoms with Crippen LogP contribution in [0.2, 0.25) is 0 Å². The highest BCUT2D eigenvalue weighted by atomic mass is 14.0. The lowest BCUT2D eigenvalue weighted by atomic mass is 10.1. The zero-order valence-corrected chi connectivity index (χ0v) is 17.8. The van der Waals surface area contributed by atoms with Gasteiger partial charge in [0, 0.05) is 0 Å². The van der Waals surface area contributed by atoms with Gasteiger partial charge < -0.3 is 0 Å². The van der Waals surface area contributed by atoms with Gasteiger partial charge in [0.1, 0.15) is 0 Å². The maximum atomic E-state index is 2.25. The van der Waals surface area contributed by atoms with E-state index in [1.807, 2.05) is 19.9 Å². The quantitative estimate of drug-likeness (QED) is 0.361. The van der Waals surface area contributed by atoms with Crippen molar-refractivity contribution in [3.63, 3.8) is 0 Å². The van der Waals surface area contributed by atoms with Crippen molar-refractivity contribution in [1.82, 2.24) is 0 Å². The number of hydrogen-bond acceptors (Lipinski definition) is 0. The molecule has 0 amide bonds. The average molecular weight is 351 g/mol. The van der Waals surface area contributed by atoms with Crippen LogP contribution in [0.1, 0.15) is 77.0 Å². The van der Waals surface area contributed by atoms with Gasteiger partial charge in [-0.15, -0.1) is 0 Å². The first-order valence-electron chi connectivity index (χ1n) is 10.1. The molecule has 0 N–H and O–H groups in total. The molecule has 0 atom stereocenters. The van der Waals surface area contributed by atoms with Gasteiger partial charge in [0.2, 0.25) is 0 Å². The number of allylic oxidation sites excluding steroid dienone is 2. The molecule has 2 rings (SSSR count). The third-order valence-corrected chi connectivity index (χ3v) is 4.06. The predicted octanol–water partition coefficient (Wildman–Crippen LogP) is 8.72. The Morgan fingerprint density at radius 2 is 1.35 bits per heavy atom. The molecule has 2 aromatic carbocycles. The Morgan fingerprint density at radius 3 is 1.81 bits per heavy atom. The van der Waals surface area contributed by atoms with E-state index in [4.69, 9.17) is 0 Å². The van der Waals surface area contributed by atoms with Gasteiger partial charge in [-0.05, 0) is 44.2 Å². The molecular formula is C26H38. The van der Waals surface area contributed by atoms with Gasteiger partial charge in [-0.2, -0.15) is 0 Å². The number of rotatable bonds is 6. The van der Waals surface area contributed by atoms with Crippen LogP contribution in [0.5, 0.6) is 0 Å². The molecule has 0 saturated carbocycles. The van der Waals surface area contributed by atoms with Crippen LogP contribution in [0.15, 0.2) is 66.2 Å². The number of hydrogen-bond donors (Lipinski definition) is 0. The highest BCUT2D eigenvalue weighted by Crippen LogP contribution is 2.10. The normalized spacial score (nSPS) is 10.6. The van der Waals surface area contributed by atoms with E-state index in [-0.39, 0.29) is 0 Å². The predicted molar refractivity (Wildman–Crippen MR) is 121 cm³/mol. The number of aryl methyl sites for hydroxylation is 1. The van der Waals surface area contributed by atoms with Crippen molar-refractivity contribution in [3.05, 3.63) is 82.9 Å². The zero-order chi connectivity index (χ0) is 19.6. The summed E-state index contributed by atoms with van der Waals surface area (Å²) < 4.78 is 0. The highest BCUT2D eigenvalue weighted by Gasteiger charge is 1.89. The van der Waals surface area contributed by atoms with Crippen molar-refractivity contribution >= 4 is 12.2 Å². The van der Waals surface area contributed by atoms with Crippen LogP contribution in [-0.4, -0.2) is 0 Å². The van der Waals surface area contributed by atoms with Crippen molar-refractivity contribution in [2.45, 2.75) is 67.2 Å². The summed E-state index contributed by atoms with van der Waals surface area (Å²) in [5, 5.41) is 0. The topological polar surface area (TPSA) is 0 Å². The fourth-order valence-electron chi connectivity index (χ4n) is 2.36. The van der Waals surface area contributed by atoms with E-state index < -0.39 is 0 Å². The second-order valence-corrected chi connectivity index (χ2v) is 6.06. The van der Waals surface area contributed by atoms with E-state index in [0.717, 1.165) is 0 Å². The minimum absolute atomic E-state index is 1.23. The molecule has 0 saturated heterocycles. The standard InChI is InChI=1S/C15H14.C9H18.C2H6/c1-13-7-9-15(10-8-13)12-11-14-5-3-2-4-6-14;1-4-7-8-9(5-2)6-3;1-2/h2-12H,1H3;5H,4,6-8H2,1-3H3;1-2H3/b12-11+;9-5-;. The summed E-state index contributed by atoms with van der Waals surface area (Å²) in [6.45, 7) is 12.7. The first-order valence-corrected chi connectivity index (χ1v) is 10.1. The van der Waals surface area contributed by atoms with Crippen molar-refractivity contribution in [2.75, 3.05) is 0 Å². The third kappa shape index (κ3) is 11.5. The number of benzene rings is 2. The molecule has 0 fully saturated rings. The van der Waals surface area contributed by atoms with E-state index in [9.17, 15) is 0 Å². The Labute approximate surface area is 162 Å². The first kappa shape index (κ1) is 23.9. The second-order valence-electron chi connectivity index (χ2n) is 6.06. The fourth-order valence-corrected chi connectivity index (χ4v) is 2.36. The monoisotopic (exact) mass is 350 g/mol. The second kappa shape index (κ2) is 16.4. The molecule has 0 aliphatic rings. The summed E-state index contributed by atoms with van der Waals surface area (Å²) >= 11 is 0. The molecule has 0 unspecified atom stereocenters. The average Bonchev–Trinajstić information content (AvgIpc) is 2.71. The molecule has 0 spiro atoms. The van der Waals surface area contributed by atoms with Crippen LogP contribution in [0.25, 0.3) is 12.2 Å².